The van der Waals surface area contributed by atoms with E-state index in [1.165, 1.54) is 0 Å². The Kier molecular flexibility index (Phi) is 1.49. The Hall–Kier alpha value is -1.32. The highest BCUT2D eigenvalue weighted by Crippen LogP contribution is 2.46. The molecule has 2 bridgehead atoms. The van der Waals surface area contributed by atoms with Crippen LogP contribution in [0.5, 0.6) is 0 Å². The molecule has 3 atom stereocenters. The maximum Gasteiger partial charge on any atom is 0.313 e. The molecule has 1 saturated heterocycles. The number of ether oxygens (including phenoxy) is 1. The van der Waals surface area contributed by atoms with E-state index in [0.29, 0.717) is 6.42 Å². The van der Waals surface area contributed by atoms with Gasteiger partial charge in [0.1, 0.15) is 12.0 Å². The molecule has 1 N–H and O–H groups in total. The predicted octanol–water partition coefficient (Wildman–Crippen LogP) is 0.579. The van der Waals surface area contributed by atoms with Crippen LogP contribution in [0.4, 0.5) is 0 Å². The molecular weight excluding hydrogens is 172 g/mol. The number of allylic oxidation sites excluding steroid dienone is 1. The number of carboxylic acids is 1. The Balaban J connectivity index is 2.45. The molecule has 2 aliphatic rings. The minimum Gasteiger partial charge on any atom is -0.481 e. The van der Waals surface area contributed by atoms with Crippen LogP contribution in [0.25, 0.3) is 0 Å². The second-order valence-electron chi connectivity index (χ2n) is 3.74. The molecule has 1 aliphatic heterocycles. The van der Waals surface area contributed by atoms with Gasteiger partial charge in [-0.3, -0.25) is 9.59 Å². The monoisotopic (exact) mass is 182 g/mol. The van der Waals surface area contributed by atoms with Crippen LogP contribution >= 0.6 is 0 Å². The highest BCUT2D eigenvalue weighted by molar-refractivity contribution is 5.89. The first-order valence-electron chi connectivity index (χ1n) is 4.16. The van der Waals surface area contributed by atoms with Gasteiger partial charge in [-0.2, -0.15) is 0 Å². The zero-order valence-electron chi connectivity index (χ0n) is 7.19. The lowest BCUT2D eigenvalue weighted by Gasteiger charge is -2.26. The SMILES string of the molecule is CC12CC=CC(OC1=O)C2C(=O)O. The minimum absolute atomic E-state index is 0.394. The first-order chi connectivity index (χ1) is 6.05. The number of rotatable bonds is 1. The molecule has 4 heteroatoms. The predicted molar refractivity (Wildman–Crippen MR) is 42.9 cm³/mol. The van der Waals surface area contributed by atoms with Crippen molar-refractivity contribution < 1.29 is 19.4 Å². The fourth-order valence-electron chi connectivity index (χ4n) is 2.04. The van der Waals surface area contributed by atoms with Crippen LogP contribution in [0.2, 0.25) is 0 Å². The molecule has 1 aliphatic carbocycles. The molecule has 0 aromatic rings. The van der Waals surface area contributed by atoms with Crippen LogP contribution in [0.15, 0.2) is 12.2 Å². The summed E-state index contributed by atoms with van der Waals surface area (Å²) >= 11 is 0. The molecule has 13 heavy (non-hydrogen) atoms. The molecule has 2 rings (SSSR count). The van der Waals surface area contributed by atoms with E-state index in [9.17, 15) is 9.59 Å². The molecule has 3 unspecified atom stereocenters. The number of esters is 1. The average Bonchev–Trinajstić information content (AvgIpc) is 2.16. The van der Waals surface area contributed by atoms with Crippen LogP contribution < -0.4 is 0 Å². The fourth-order valence-corrected chi connectivity index (χ4v) is 2.04. The molecule has 70 valence electrons. The number of carbonyl (C=O) groups is 2. The summed E-state index contributed by atoms with van der Waals surface area (Å²) in [6.45, 7) is 1.65. The lowest BCUT2D eigenvalue weighted by atomic mass is 9.71. The van der Waals surface area contributed by atoms with Crippen molar-refractivity contribution in [3.8, 4) is 0 Å². The first kappa shape index (κ1) is 8.29. The van der Waals surface area contributed by atoms with Gasteiger partial charge in [-0.1, -0.05) is 6.08 Å². The second kappa shape index (κ2) is 2.34. The quantitative estimate of drug-likeness (QED) is 0.476. The van der Waals surface area contributed by atoms with E-state index in [-0.39, 0.29) is 0 Å². The zero-order chi connectivity index (χ0) is 9.64. The lowest BCUT2D eigenvalue weighted by molar-refractivity contribution is -0.150. The highest BCUT2D eigenvalue weighted by atomic mass is 16.6. The smallest absolute Gasteiger partial charge is 0.313 e. The topological polar surface area (TPSA) is 63.6 Å². The number of carbonyl (C=O) groups excluding carboxylic acids is 1. The van der Waals surface area contributed by atoms with Gasteiger partial charge < -0.3 is 9.84 Å². The van der Waals surface area contributed by atoms with Gasteiger partial charge in [0.15, 0.2) is 0 Å². The molecule has 1 heterocycles. The molecule has 0 amide bonds. The van der Waals surface area contributed by atoms with Crippen LogP contribution in [-0.2, 0) is 14.3 Å². The summed E-state index contributed by atoms with van der Waals surface area (Å²) in [6, 6.07) is 0. The van der Waals surface area contributed by atoms with Gasteiger partial charge in [-0.15, -0.1) is 0 Å². The standard InChI is InChI=1S/C9H10O4/c1-9-4-2-3-5(13-8(9)12)6(9)7(10)11/h2-3,5-6H,4H2,1H3,(H,10,11). The van der Waals surface area contributed by atoms with Gasteiger partial charge in [0.25, 0.3) is 0 Å². The first-order valence-corrected chi connectivity index (χ1v) is 4.16. The maximum absolute atomic E-state index is 11.4. The normalized spacial score (nSPS) is 41.8. The summed E-state index contributed by atoms with van der Waals surface area (Å²) in [5, 5.41) is 8.94. The van der Waals surface area contributed by atoms with Gasteiger partial charge in [0.05, 0.1) is 5.41 Å². The second-order valence-corrected chi connectivity index (χ2v) is 3.74. The Morgan fingerprint density at radius 2 is 2.46 bits per heavy atom. The third kappa shape index (κ3) is 0.913. The molecule has 4 nitrogen and oxygen atoms in total. The van der Waals surface area contributed by atoms with Crippen molar-refractivity contribution >= 4 is 11.9 Å². The fraction of sp³-hybridized carbons (Fsp3) is 0.556. The molecule has 1 fully saturated rings. The van der Waals surface area contributed by atoms with E-state index in [4.69, 9.17) is 9.84 Å². The van der Waals surface area contributed by atoms with E-state index in [1.54, 1.807) is 13.0 Å². The van der Waals surface area contributed by atoms with Crippen LogP contribution in [0.1, 0.15) is 13.3 Å². The summed E-state index contributed by atoms with van der Waals surface area (Å²) in [7, 11) is 0. The van der Waals surface area contributed by atoms with Gasteiger partial charge in [0, 0.05) is 0 Å². The van der Waals surface area contributed by atoms with Crippen molar-refractivity contribution in [3.05, 3.63) is 12.2 Å². The summed E-state index contributed by atoms with van der Waals surface area (Å²) in [4.78, 5) is 22.3. The Morgan fingerprint density at radius 3 is 2.92 bits per heavy atom. The summed E-state index contributed by atoms with van der Waals surface area (Å²) < 4.78 is 4.96. The number of carboxylic acid groups (broad SMARTS) is 1. The highest BCUT2D eigenvalue weighted by Gasteiger charge is 2.58. The Bertz CT molecular complexity index is 307. The zero-order valence-corrected chi connectivity index (χ0v) is 7.19. The van der Waals surface area contributed by atoms with Crippen LogP contribution in [0, 0.1) is 11.3 Å². The third-order valence-electron chi connectivity index (χ3n) is 2.86. The van der Waals surface area contributed by atoms with Crippen LogP contribution in [0.3, 0.4) is 0 Å². The molecule has 0 aromatic carbocycles. The van der Waals surface area contributed by atoms with E-state index < -0.39 is 29.4 Å². The average molecular weight is 182 g/mol. The number of hydrogen-bond acceptors (Lipinski definition) is 3. The lowest BCUT2D eigenvalue weighted by Crippen LogP contribution is -2.38. The largest absolute Gasteiger partial charge is 0.481 e. The number of fused-ring (bicyclic) bond motifs is 2. The van der Waals surface area contributed by atoms with Crippen LogP contribution in [-0.4, -0.2) is 23.1 Å². The molecular formula is C9H10O4. The Morgan fingerprint density at radius 1 is 1.77 bits per heavy atom. The molecule has 0 aromatic heterocycles. The van der Waals surface area contributed by atoms with Gasteiger partial charge in [0.2, 0.25) is 0 Å². The van der Waals surface area contributed by atoms with Crippen molar-refractivity contribution in [3.63, 3.8) is 0 Å². The van der Waals surface area contributed by atoms with Gasteiger partial charge in [-0.05, 0) is 19.4 Å². The van der Waals surface area contributed by atoms with E-state index in [2.05, 4.69) is 0 Å². The Labute approximate surface area is 75.2 Å². The van der Waals surface area contributed by atoms with E-state index in [0.717, 1.165) is 0 Å². The van der Waals surface area contributed by atoms with Crippen molar-refractivity contribution in [1.29, 1.82) is 0 Å². The van der Waals surface area contributed by atoms with E-state index in [1.807, 2.05) is 6.08 Å². The third-order valence-corrected chi connectivity index (χ3v) is 2.86. The van der Waals surface area contributed by atoms with Gasteiger partial charge >= 0.3 is 11.9 Å². The summed E-state index contributed by atoms with van der Waals surface area (Å²) in [5.41, 5.74) is -0.856. The van der Waals surface area contributed by atoms with Crippen molar-refractivity contribution in [2.24, 2.45) is 11.3 Å². The van der Waals surface area contributed by atoms with Gasteiger partial charge in [-0.25, -0.2) is 0 Å². The van der Waals surface area contributed by atoms with E-state index >= 15 is 0 Å². The molecule has 0 saturated carbocycles. The summed E-state index contributed by atoms with van der Waals surface area (Å²) in [5.74, 6) is -2.07. The summed E-state index contributed by atoms with van der Waals surface area (Å²) in [6.07, 6.45) is 3.36. The van der Waals surface area contributed by atoms with Crippen molar-refractivity contribution in [2.45, 2.75) is 19.4 Å². The van der Waals surface area contributed by atoms with Crippen molar-refractivity contribution in [1.82, 2.24) is 0 Å². The van der Waals surface area contributed by atoms with Crippen molar-refractivity contribution in [2.75, 3.05) is 0 Å². The number of aliphatic carboxylic acids is 1. The molecule has 0 radical (unpaired) electrons. The maximum atomic E-state index is 11.4. The minimum atomic E-state index is -0.956. The number of hydrogen-bond donors (Lipinski definition) is 1. The molecule has 0 spiro atoms.